The number of carbonyl (C=O) groups excluding carboxylic acids is 1. The van der Waals surface area contributed by atoms with Gasteiger partial charge in [0.25, 0.3) is 5.91 Å². The van der Waals surface area contributed by atoms with Gasteiger partial charge in [-0.05, 0) is 62.6 Å². The smallest absolute Gasteiger partial charge is 0.408 e. The SMILES string of the molecule is CC1Oc2nc(Nc3ccc4c(c3)CCN(C(=O)O)C4(C)C)ncc2C(=O)N1c1c(Cl)cccc1Cl. The van der Waals surface area contributed by atoms with Crippen LogP contribution < -0.4 is 15.0 Å². The molecule has 11 heteroatoms. The summed E-state index contributed by atoms with van der Waals surface area (Å²) < 4.78 is 5.95. The Labute approximate surface area is 217 Å². The summed E-state index contributed by atoms with van der Waals surface area (Å²) in [5, 5.41) is 13.4. The standard InChI is InChI=1S/C25H23Cl2N5O4/c1-13-32(20-18(26)5-4-6-19(20)27)22(33)16-12-28-23(30-21(16)36-13)29-15-7-8-17-14(11-15)9-10-31(24(34)35)25(17,2)3/h4-8,11-13H,9-10H2,1-3H3,(H,34,35)(H,28,29,30). The quantitative estimate of drug-likeness (QED) is 0.450. The molecule has 1 atom stereocenters. The zero-order valence-corrected chi connectivity index (χ0v) is 21.3. The van der Waals surface area contributed by atoms with Crippen molar-refractivity contribution < 1.29 is 19.4 Å². The number of carboxylic acid groups (broad SMARTS) is 1. The number of hydrogen-bond acceptors (Lipinski definition) is 6. The zero-order valence-electron chi connectivity index (χ0n) is 19.7. The molecule has 0 bridgehead atoms. The van der Waals surface area contributed by atoms with Crippen molar-refractivity contribution in [2.45, 2.75) is 39.0 Å². The first-order valence-electron chi connectivity index (χ1n) is 11.3. The Morgan fingerprint density at radius 2 is 1.94 bits per heavy atom. The molecule has 3 heterocycles. The number of rotatable bonds is 3. The van der Waals surface area contributed by atoms with Crippen molar-refractivity contribution in [3.8, 4) is 5.88 Å². The molecule has 0 saturated carbocycles. The normalized spacial score (nSPS) is 18.2. The number of nitrogens with zero attached hydrogens (tertiary/aromatic N) is 4. The molecule has 0 radical (unpaired) electrons. The highest BCUT2D eigenvalue weighted by Gasteiger charge is 2.38. The van der Waals surface area contributed by atoms with Crippen LogP contribution in [0.5, 0.6) is 5.88 Å². The number of anilines is 3. The first kappa shape index (κ1) is 24.1. The van der Waals surface area contributed by atoms with Gasteiger partial charge in [0.05, 0.1) is 21.3 Å². The average molecular weight is 528 g/mol. The van der Waals surface area contributed by atoms with E-state index in [1.54, 1.807) is 25.1 Å². The van der Waals surface area contributed by atoms with Crippen molar-refractivity contribution in [2.24, 2.45) is 0 Å². The number of carbonyl (C=O) groups is 2. The molecular formula is C25H23Cl2N5O4. The number of amides is 2. The minimum atomic E-state index is -0.936. The third-order valence-corrected chi connectivity index (χ3v) is 7.17. The fourth-order valence-corrected chi connectivity index (χ4v) is 5.35. The number of fused-ring (bicyclic) bond motifs is 2. The molecule has 2 aliphatic heterocycles. The summed E-state index contributed by atoms with van der Waals surface area (Å²) in [5.41, 5.74) is 2.66. The van der Waals surface area contributed by atoms with E-state index < -0.39 is 17.9 Å². The molecular weight excluding hydrogens is 505 g/mol. The topological polar surface area (TPSA) is 108 Å². The largest absolute Gasteiger partial charge is 0.465 e. The molecule has 9 nitrogen and oxygen atoms in total. The maximum absolute atomic E-state index is 13.3. The van der Waals surface area contributed by atoms with Crippen molar-refractivity contribution in [1.29, 1.82) is 0 Å². The molecule has 1 unspecified atom stereocenters. The summed E-state index contributed by atoms with van der Waals surface area (Å²) in [6.07, 6.45) is 0.368. The van der Waals surface area contributed by atoms with Crippen molar-refractivity contribution in [1.82, 2.24) is 14.9 Å². The molecule has 0 fully saturated rings. The van der Waals surface area contributed by atoms with Gasteiger partial charge in [0, 0.05) is 18.4 Å². The third-order valence-electron chi connectivity index (χ3n) is 6.56. The van der Waals surface area contributed by atoms with E-state index in [0.29, 0.717) is 28.7 Å². The lowest BCUT2D eigenvalue weighted by Gasteiger charge is -2.42. The first-order valence-corrected chi connectivity index (χ1v) is 12.1. The molecule has 186 valence electrons. The van der Waals surface area contributed by atoms with Gasteiger partial charge < -0.3 is 15.2 Å². The maximum atomic E-state index is 13.3. The summed E-state index contributed by atoms with van der Waals surface area (Å²) in [6.45, 7) is 5.91. The molecule has 0 spiro atoms. The van der Waals surface area contributed by atoms with Crippen LogP contribution in [0, 0.1) is 0 Å². The first-order chi connectivity index (χ1) is 17.1. The van der Waals surface area contributed by atoms with Crippen LogP contribution in [-0.4, -0.2) is 44.7 Å². The van der Waals surface area contributed by atoms with E-state index in [4.69, 9.17) is 27.9 Å². The van der Waals surface area contributed by atoms with Gasteiger partial charge in [-0.2, -0.15) is 4.98 Å². The second-order valence-corrected chi connectivity index (χ2v) is 9.93. The summed E-state index contributed by atoms with van der Waals surface area (Å²) >= 11 is 12.6. The van der Waals surface area contributed by atoms with Gasteiger partial charge in [-0.25, -0.2) is 9.78 Å². The van der Waals surface area contributed by atoms with E-state index in [9.17, 15) is 14.7 Å². The minimum absolute atomic E-state index is 0.153. The summed E-state index contributed by atoms with van der Waals surface area (Å²) in [4.78, 5) is 36.5. The summed E-state index contributed by atoms with van der Waals surface area (Å²) in [5.74, 6) is 0.0464. The van der Waals surface area contributed by atoms with Crippen LogP contribution in [0.2, 0.25) is 10.0 Å². The van der Waals surface area contributed by atoms with Gasteiger partial charge >= 0.3 is 6.09 Å². The summed E-state index contributed by atoms with van der Waals surface area (Å²) in [7, 11) is 0. The van der Waals surface area contributed by atoms with Crippen molar-refractivity contribution >= 4 is 52.5 Å². The van der Waals surface area contributed by atoms with Crippen LogP contribution in [0.15, 0.2) is 42.6 Å². The Bertz CT molecular complexity index is 1380. The molecule has 1 aromatic heterocycles. The van der Waals surface area contributed by atoms with Crippen LogP contribution in [0.1, 0.15) is 42.3 Å². The van der Waals surface area contributed by atoms with Crippen LogP contribution in [0.25, 0.3) is 0 Å². The van der Waals surface area contributed by atoms with Gasteiger partial charge in [-0.3, -0.25) is 14.6 Å². The van der Waals surface area contributed by atoms with Crippen molar-refractivity contribution in [2.75, 3.05) is 16.8 Å². The Morgan fingerprint density at radius 3 is 2.64 bits per heavy atom. The van der Waals surface area contributed by atoms with E-state index in [1.807, 2.05) is 32.0 Å². The molecule has 36 heavy (non-hydrogen) atoms. The Balaban J connectivity index is 1.41. The number of halogens is 2. The fourth-order valence-electron chi connectivity index (χ4n) is 4.77. The minimum Gasteiger partial charge on any atom is -0.465 e. The van der Waals surface area contributed by atoms with E-state index in [2.05, 4.69) is 15.3 Å². The highest BCUT2D eigenvalue weighted by atomic mass is 35.5. The van der Waals surface area contributed by atoms with E-state index >= 15 is 0 Å². The Kier molecular flexibility index (Phi) is 5.92. The van der Waals surface area contributed by atoms with Crippen molar-refractivity contribution in [3.05, 3.63) is 69.3 Å². The molecule has 0 saturated heterocycles. The van der Waals surface area contributed by atoms with Crippen LogP contribution in [0.3, 0.4) is 0 Å². The van der Waals surface area contributed by atoms with Crippen molar-refractivity contribution in [3.63, 3.8) is 0 Å². The predicted molar refractivity (Wildman–Crippen MR) is 137 cm³/mol. The van der Waals surface area contributed by atoms with E-state index in [-0.39, 0.29) is 23.3 Å². The summed E-state index contributed by atoms with van der Waals surface area (Å²) in [6, 6.07) is 10.7. The molecule has 2 amide bonds. The van der Waals surface area contributed by atoms with Crippen LogP contribution >= 0.6 is 23.2 Å². The molecule has 3 aromatic rings. The lowest BCUT2D eigenvalue weighted by Crippen LogP contribution is -2.49. The highest BCUT2D eigenvalue weighted by molar-refractivity contribution is 6.40. The Morgan fingerprint density at radius 1 is 1.22 bits per heavy atom. The van der Waals surface area contributed by atoms with Gasteiger partial charge in [0.1, 0.15) is 5.56 Å². The van der Waals surface area contributed by atoms with Gasteiger partial charge in [0.2, 0.25) is 11.8 Å². The van der Waals surface area contributed by atoms with E-state index in [0.717, 1.165) is 16.8 Å². The van der Waals surface area contributed by atoms with E-state index in [1.165, 1.54) is 16.0 Å². The molecule has 0 aliphatic carbocycles. The van der Waals surface area contributed by atoms with Gasteiger partial charge in [-0.15, -0.1) is 0 Å². The second kappa shape index (κ2) is 8.83. The maximum Gasteiger partial charge on any atom is 0.408 e. The average Bonchev–Trinajstić information content (AvgIpc) is 2.80. The van der Waals surface area contributed by atoms with Gasteiger partial charge in [-0.1, -0.05) is 35.3 Å². The highest BCUT2D eigenvalue weighted by Crippen LogP contribution is 2.40. The number of hydrogen-bond donors (Lipinski definition) is 2. The second-order valence-electron chi connectivity index (χ2n) is 9.12. The lowest BCUT2D eigenvalue weighted by atomic mass is 9.83. The van der Waals surface area contributed by atoms with Gasteiger partial charge in [0.15, 0.2) is 6.23 Å². The number of nitrogens with one attached hydrogen (secondary N) is 1. The van der Waals surface area contributed by atoms with Crippen LogP contribution in [-0.2, 0) is 12.0 Å². The fraction of sp³-hybridized carbons (Fsp3) is 0.280. The Hall–Kier alpha value is -3.56. The molecule has 2 aromatic carbocycles. The lowest BCUT2D eigenvalue weighted by molar-refractivity contribution is 0.0847. The number of benzene rings is 2. The molecule has 2 aliphatic rings. The number of para-hydroxylation sites is 1. The number of aromatic nitrogens is 2. The molecule has 2 N–H and O–H groups in total. The zero-order chi connectivity index (χ0) is 25.8. The number of ether oxygens (including phenoxy) is 1. The monoisotopic (exact) mass is 527 g/mol. The van der Waals surface area contributed by atoms with Crippen LogP contribution in [0.4, 0.5) is 22.1 Å². The molecule has 5 rings (SSSR count). The third kappa shape index (κ3) is 3.98. The predicted octanol–water partition coefficient (Wildman–Crippen LogP) is 5.68.